The third-order valence-electron chi connectivity index (χ3n) is 3.51. The minimum atomic E-state index is 0.635. The van der Waals surface area contributed by atoms with Gasteiger partial charge in [-0.1, -0.05) is 0 Å². The lowest BCUT2D eigenvalue weighted by atomic mass is 10.2. The average molecular weight is 297 g/mol. The molecule has 0 amide bonds. The third kappa shape index (κ3) is 3.14. The van der Waals surface area contributed by atoms with Gasteiger partial charge in [0.25, 0.3) is 0 Å². The number of nitrogens with two attached hydrogens (primary N) is 1. The second kappa shape index (κ2) is 6.39. The Morgan fingerprint density at radius 1 is 1.09 bits per heavy atom. The highest BCUT2D eigenvalue weighted by molar-refractivity contribution is 5.81. The number of rotatable bonds is 6. The van der Waals surface area contributed by atoms with Crippen LogP contribution in [0.2, 0.25) is 0 Å². The second-order valence-electron chi connectivity index (χ2n) is 5.06. The number of anilines is 1. The van der Waals surface area contributed by atoms with E-state index in [1.165, 1.54) is 0 Å². The summed E-state index contributed by atoms with van der Waals surface area (Å²) in [6.07, 6.45) is 2.73. The van der Waals surface area contributed by atoms with Gasteiger partial charge in [-0.15, -0.1) is 0 Å². The number of aromatic nitrogens is 2. The molecule has 3 rings (SSSR count). The van der Waals surface area contributed by atoms with Crippen LogP contribution in [0.4, 0.5) is 5.69 Å². The summed E-state index contributed by atoms with van der Waals surface area (Å²) >= 11 is 0. The van der Waals surface area contributed by atoms with Crippen LogP contribution in [0.25, 0.3) is 10.9 Å². The molecule has 5 heteroatoms. The Kier molecular flexibility index (Phi) is 4.14. The number of hydrogen-bond donors (Lipinski definition) is 1. The normalized spacial score (nSPS) is 10.8. The number of nitrogens with zero attached hydrogens (tertiary/aromatic N) is 2. The fourth-order valence-electron chi connectivity index (χ4n) is 2.34. The van der Waals surface area contributed by atoms with E-state index in [-0.39, 0.29) is 0 Å². The van der Waals surface area contributed by atoms with Gasteiger partial charge in [-0.05, 0) is 42.5 Å². The number of ether oxygens (including phenoxy) is 2. The first kappa shape index (κ1) is 14.3. The molecule has 22 heavy (non-hydrogen) atoms. The van der Waals surface area contributed by atoms with Gasteiger partial charge >= 0.3 is 0 Å². The van der Waals surface area contributed by atoms with Crippen molar-refractivity contribution in [1.29, 1.82) is 0 Å². The van der Waals surface area contributed by atoms with E-state index in [1.807, 2.05) is 53.3 Å². The molecule has 0 bridgehead atoms. The van der Waals surface area contributed by atoms with Crippen LogP contribution < -0.4 is 15.2 Å². The van der Waals surface area contributed by atoms with Gasteiger partial charge in [0.15, 0.2) is 0 Å². The van der Waals surface area contributed by atoms with Crippen molar-refractivity contribution in [2.24, 2.45) is 0 Å². The molecule has 3 aromatic rings. The fourth-order valence-corrected chi connectivity index (χ4v) is 2.34. The van der Waals surface area contributed by atoms with Crippen LogP contribution in [0.3, 0.4) is 0 Å². The lowest BCUT2D eigenvalue weighted by Gasteiger charge is -2.08. The van der Waals surface area contributed by atoms with Crippen molar-refractivity contribution in [3.05, 3.63) is 48.7 Å². The minimum Gasteiger partial charge on any atom is -0.497 e. The zero-order chi connectivity index (χ0) is 15.4. The smallest absolute Gasteiger partial charge is 0.119 e. The van der Waals surface area contributed by atoms with Gasteiger partial charge in [-0.2, -0.15) is 5.10 Å². The molecule has 0 aliphatic heterocycles. The highest BCUT2D eigenvalue weighted by Crippen LogP contribution is 2.18. The van der Waals surface area contributed by atoms with E-state index >= 15 is 0 Å². The van der Waals surface area contributed by atoms with Crippen molar-refractivity contribution in [1.82, 2.24) is 9.78 Å². The van der Waals surface area contributed by atoms with Crippen LogP contribution >= 0.6 is 0 Å². The maximum absolute atomic E-state index is 5.83. The number of methoxy groups -OCH3 is 1. The van der Waals surface area contributed by atoms with Gasteiger partial charge in [-0.25, -0.2) is 0 Å². The van der Waals surface area contributed by atoms with E-state index in [0.717, 1.165) is 41.1 Å². The number of nitrogen functional groups attached to an aromatic ring is 1. The molecule has 2 aromatic carbocycles. The Morgan fingerprint density at radius 2 is 1.86 bits per heavy atom. The molecule has 0 aliphatic rings. The quantitative estimate of drug-likeness (QED) is 0.561. The zero-order valence-corrected chi connectivity index (χ0v) is 12.5. The maximum atomic E-state index is 5.83. The number of aryl methyl sites for hydroxylation is 1. The predicted octanol–water partition coefficient (Wildman–Crippen LogP) is 3.10. The van der Waals surface area contributed by atoms with E-state index in [2.05, 4.69) is 5.10 Å². The van der Waals surface area contributed by atoms with Gasteiger partial charge in [0.05, 0.1) is 25.4 Å². The van der Waals surface area contributed by atoms with Gasteiger partial charge in [0, 0.05) is 24.0 Å². The summed E-state index contributed by atoms with van der Waals surface area (Å²) in [5, 5.41) is 5.49. The van der Waals surface area contributed by atoms with Crippen LogP contribution in [0.1, 0.15) is 6.42 Å². The Morgan fingerprint density at radius 3 is 2.64 bits per heavy atom. The van der Waals surface area contributed by atoms with Crippen LogP contribution in [0.15, 0.2) is 48.7 Å². The highest BCUT2D eigenvalue weighted by Gasteiger charge is 2.03. The standard InChI is InChI=1S/C17H19N3O2/c1-21-15-5-7-16(8-6-15)22-10-2-9-20-17-11-14(18)4-3-13(17)12-19-20/h3-8,11-12H,2,9-10,18H2,1H3. The summed E-state index contributed by atoms with van der Waals surface area (Å²) in [6, 6.07) is 13.4. The van der Waals surface area contributed by atoms with E-state index < -0.39 is 0 Å². The molecule has 114 valence electrons. The summed E-state index contributed by atoms with van der Waals surface area (Å²) in [5.74, 6) is 1.67. The van der Waals surface area contributed by atoms with Crippen molar-refractivity contribution in [2.75, 3.05) is 19.5 Å². The van der Waals surface area contributed by atoms with Gasteiger partial charge in [0.1, 0.15) is 11.5 Å². The van der Waals surface area contributed by atoms with Crippen LogP contribution in [-0.4, -0.2) is 23.5 Å². The van der Waals surface area contributed by atoms with Crippen molar-refractivity contribution >= 4 is 16.6 Å². The number of hydrogen-bond acceptors (Lipinski definition) is 4. The first-order valence-electron chi connectivity index (χ1n) is 7.24. The molecule has 0 atom stereocenters. The van der Waals surface area contributed by atoms with Crippen molar-refractivity contribution in [2.45, 2.75) is 13.0 Å². The lowest BCUT2D eigenvalue weighted by molar-refractivity contribution is 0.299. The molecular formula is C17H19N3O2. The molecule has 0 aliphatic carbocycles. The molecule has 0 unspecified atom stereocenters. The van der Waals surface area contributed by atoms with Crippen LogP contribution in [0, 0.1) is 0 Å². The molecule has 1 aromatic heterocycles. The molecule has 0 saturated carbocycles. The SMILES string of the molecule is COc1ccc(OCCCn2ncc3ccc(N)cc32)cc1. The summed E-state index contributed by atoms with van der Waals surface area (Å²) in [4.78, 5) is 0. The third-order valence-corrected chi connectivity index (χ3v) is 3.51. The van der Waals surface area contributed by atoms with Gasteiger partial charge in [-0.3, -0.25) is 4.68 Å². The Labute approximate surface area is 129 Å². The largest absolute Gasteiger partial charge is 0.497 e. The predicted molar refractivity (Wildman–Crippen MR) is 87.3 cm³/mol. The first-order chi connectivity index (χ1) is 10.8. The summed E-state index contributed by atoms with van der Waals surface area (Å²) in [5.41, 5.74) is 7.64. The second-order valence-corrected chi connectivity index (χ2v) is 5.06. The molecule has 0 fully saturated rings. The minimum absolute atomic E-state index is 0.635. The van der Waals surface area contributed by atoms with E-state index in [1.54, 1.807) is 7.11 Å². The maximum Gasteiger partial charge on any atom is 0.119 e. The van der Waals surface area contributed by atoms with E-state index in [9.17, 15) is 0 Å². The summed E-state index contributed by atoms with van der Waals surface area (Å²) in [6.45, 7) is 1.43. The van der Waals surface area contributed by atoms with E-state index in [4.69, 9.17) is 15.2 Å². The molecule has 5 nitrogen and oxygen atoms in total. The van der Waals surface area contributed by atoms with Crippen molar-refractivity contribution in [3.8, 4) is 11.5 Å². The molecule has 1 heterocycles. The van der Waals surface area contributed by atoms with Gasteiger partial charge < -0.3 is 15.2 Å². The topological polar surface area (TPSA) is 62.3 Å². The average Bonchev–Trinajstić information content (AvgIpc) is 2.94. The molecular weight excluding hydrogens is 278 g/mol. The van der Waals surface area contributed by atoms with Crippen molar-refractivity contribution in [3.63, 3.8) is 0 Å². The van der Waals surface area contributed by atoms with Crippen molar-refractivity contribution < 1.29 is 9.47 Å². The summed E-state index contributed by atoms with van der Waals surface area (Å²) in [7, 11) is 1.65. The fraction of sp³-hybridized carbons (Fsp3) is 0.235. The number of benzene rings is 2. The lowest BCUT2D eigenvalue weighted by Crippen LogP contribution is -2.05. The van der Waals surface area contributed by atoms with E-state index in [0.29, 0.717) is 6.61 Å². The Bertz CT molecular complexity index is 750. The van der Waals surface area contributed by atoms with Crippen LogP contribution in [0.5, 0.6) is 11.5 Å². The highest BCUT2D eigenvalue weighted by atomic mass is 16.5. The zero-order valence-electron chi connectivity index (χ0n) is 12.5. The Balaban J connectivity index is 1.54. The van der Waals surface area contributed by atoms with Crippen LogP contribution in [-0.2, 0) is 6.54 Å². The monoisotopic (exact) mass is 297 g/mol. The molecule has 0 saturated heterocycles. The number of fused-ring (bicyclic) bond motifs is 1. The molecule has 2 N–H and O–H groups in total. The molecule has 0 spiro atoms. The Hall–Kier alpha value is -2.69. The first-order valence-corrected chi connectivity index (χ1v) is 7.24. The molecule has 0 radical (unpaired) electrons. The van der Waals surface area contributed by atoms with Gasteiger partial charge in [0.2, 0.25) is 0 Å². The summed E-state index contributed by atoms with van der Waals surface area (Å²) < 4.78 is 12.8.